The summed E-state index contributed by atoms with van der Waals surface area (Å²) < 4.78 is 7.92. The van der Waals surface area contributed by atoms with Crippen molar-refractivity contribution in [1.82, 2.24) is 4.98 Å². The number of carbonyl (C=O) groups excluding carboxylic acids is 4. The number of Topliss-reactive ketones (excluding diaryl/α,β-unsaturated/α-hetero) is 2. The number of nitrogens with zero attached hydrogens (tertiary/aromatic N) is 1. The number of esters is 1. The second-order valence-electron chi connectivity index (χ2n) is 15.1. The monoisotopic (exact) mass is 1440 g/mol. The van der Waals surface area contributed by atoms with Crippen molar-refractivity contribution in [3.63, 3.8) is 0 Å². The summed E-state index contributed by atoms with van der Waals surface area (Å²) >= 11 is 67.5. The van der Waals surface area contributed by atoms with Crippen LogP contribution < -0.4 is 0 Å². The van der Waals surface area contributed by atoms with Gasteiger partial charge >= 0.3 is 5.97 Å². The van der Waals surface area contributed by atoms with Gasteiger partial charge in [-0.3, -0.25) is 14.4 Å². The first-order chi connectivity index (χ1) is 35.1. The molecule has 0 bridgehead atoms. The summed E-state index contributed by atoms with van der Waals surface area (Å²) in [6.07, 6.45) is 0.412. The Bertz CT molecular complexity index is 3270. The fourth-order valence-electron chi connectivity index (χ4n) is 6.26. The van der Waals surface area contributed by atoms with E-state index in [1.807, 2.05) is 54.6 Å². The third-order valence-corrected chi connectivity index (χ3v) is 15.8. The molecule has 1 aromatic heterocycles. The van der Waals surface area contributed by atoms with E-state index in [9.17, 15) is 19.2 Å². The van der Waals surface area contributed by atoms with Crippen molar-refractivity contribution < 1.29 is 23.9 Å². The molecular weight excluding hydrogens is 1410 g/mol. The number of carbonyl (C=O) groups is 4. The van der Waals surface area contributed by atoms with Gasteiger partial charge < -0.3 is 4.74 Å². The predicted molar refractivity (Wildman–Crippen MR) is 323 cm³/mol. The maximum Gasteiger partial charge on any atom is 0.367 e. The molecular formula is C54H34Br4Cl9NO5S. The van der Waals surface area contributed by atoms with Gasteiger partial charge in [-0.05, 0) is 120 Å². The molecule has 0 radical (unpaired) electrons. The minimum atomic E-state index is -0.488. The van der Waals surface area contributed by atoms with Crippen molar-refractivity contribution in [3.05, 3.63) is 232 Å². The molecule has 0 fully saturated rings. The first kappa shape index (κ1) is 62.0. The molecule has 7 aromatic carbocycles. The average Bonchev–Trinajstić information content (AvgIpc) is 3.80. The normalized spacial score (nSPS) is 10.9. The van der Waals surface area contributed by atoms with E-state index in [0.29, 0.717) is 79.7 Å². The summed E-state index contributed by atoms with van der Waals surface area (Å²) in [7, 11) is 0. The first-order valence-corrected chi connectivity index (χ1v) is 28.8. The highest BCUT2D eigenvalue weighted by atomic mass is 79.9. The Labute approximate surface area is 510 Å². The van der Waals surface area contributed by atoms with Crippen LogP contribution in [0, 0.1) is 0 Å². The van der Waals surface area contributed by atoms with E-state index < -0.39 is 16.0 Å². The van der Waals surface area contributed by atoms with Crippen LogP contribution in [-0.4, -0.2) is 34.4 Å². The number of hydrogen-bond acceptors (Lipinski definition) is 7. The molecule has 8 rings (SSSR count). The largest absolute Gasteiger partial charge is 0.461 e. The number of benzene rings is 7. The number of ketones is 2. The van der Waals surface area contributed by atoms with Crippen LogP contribution in [0.1, 0.15) is 59.0 Å². The summed E-state index contributed by atoms with van der Waals surface area (Å²) in [5, 5.41) is 4.04. The third kappa shape index (κ3) is 19.0. The highest BCUT2D eigenvalue weighted by Gasteiger charge is 2.23. The van der Waals surface area contributed by atoms with Crippen molar-refractivity contribution in [3.8, 4) is 21.7 Å². The highest BCUT2D eigenvalue weighted by Crippen LogP contribution is 2.42. The average molecular weight is 1450 g/mol. The van der Waals surface area contributed by atoms with Gasteiger partial charge in [-0.1, -0.05) is 217 Å². The third-order valence-electron chi connectivity index (χ3n) is 9.84. The fourth-order valence-corrected chi connectivity index (χ4v) is 11.0. The van der Waals surface area contributed by atoms with E-state index in [4.69, 9.17) is 109 Å². The SMILES string of the molecule is CCOC(=O)c1nc(-c2ccc(Br)cc2)c(-c2ccc(Cl)cc2Cl)s1.O=C(Cc1ccc(Cl)cc1Cl)c1ccc(Br)cc1.O=C(Cl)Cc1ccc(Cl)cc1Cl.O=C(c1ccc(Br)cc1)C(Br)c1ccc(Cl)cc1Cl. The molecule has 1 atom stereocenters. The quantitative estimate of drug-likeness (QED) is 0.0524. The van der Waals surface area contributed by atoms with Gasteiger partial charge in [0.25, 0.3) is 0 Å². The van der Waals surface area contributed by atoms with Gasteiger partial charge in [0.1, 0.15) is 4.83 Å². The lowest BCUT2D eigenvalue weighted by Crippen LogP contribution is -2.07. The Morgan fingerprint density at radius 3 is 1.47 bits per heavy atom. The summed E-state index contributed by atoms with van der Waals surface area (Å²) in [6, 6.07) is 42.6. The van der Waals surface area contributed by atoms with E-state index >= 15 is 0 Å². The summed E-state index contributed by atoms with van der Waals surface area (Å²) in [5.74, 6) is -0.453. The molecule has 6 nitrogen and oxygen atoms in total. The lowest BCUT2D eigenvalue weighted by molar-refractivity contribution is -0.111. The molecule has 0 saturated carbocycles. The summed E-state index contributed by atoms with van der Waals surface area (Å²) in [4.78, 5) is 51.9. The van der Waals surface area contributed by atoms with Crippen molar-refractivity contribution in [2.24, 2.45) is 0 Å². The standard InChI is InChI=1S/C18H12BrCl2NO2S.C14H8Br2Cl2O.C14H9BrCl2O.C8H5Cl3O/c1-2-24-18(23)17-22-15(10-3-5-11(19)6-4-10)16(25-17)13-8-7-12(20)9-14(13)21;15-9-3-1-8(2-4-9)14(19)13(16)11-6-5-10(17)7-12(11)18;15-11-4-1-9(2-5-11)14(18)7-10-3-6-12(16)8-13(10)17;9-6-2-1-5(3-8(11)12)7(10)4-6/h3-9H,2H2,1H3;1-7,13H;1-6,8H,7H2;1-2,4H,3H2. The molecule has 0 aliphatic carbocycles. The van der Waals surface area contributed by atoms with Crippen LogP contribution in [-0.2, 0) is 22.4 Å². The van der Waals surface area contributed by atoms with Crippen molar-refractivity contribution in [2.45, 2.75) is 24.6 Å². The molecule has 74 heavy (non-hydrogen) atoms. The number of alkyl halides is 1. The van der Waals surface area contributed by atoms with Gasteiger partial charge in [-0.2, -0.15) is 0 Å². The van der Waals surface area contributed by atoms with Crippen LogP contribution in [0.4, 0.5) is 0 Å². The minimum absolute atomic E-state index is 0.0340. The summed E-state index contributed by atoms with van der Waals surface area (Å²) in [6.45, 7) is 2.06. The fraction of sp³-hybridized carbons (Fsp3) is 0.0926. The summed E-state index contributed by atoms with van der Waals surface area (Å²) in [5.41, 5.74) is 5.83. The number of rotatable bonds is 12. The van der Waals surface area contributed by atoms with Crippen LogP contribution >= 0.6 is 179 Å². The molecule has 0 spiro atoms. The van der Waals surface area contributed by atoms with E-state index in [1.165, 1.54) is 11.3 Å². The predicted octanol–water partition coefficient (Wildman–Crippen LogP) is 21.3. The Morgan fingerprint density at radius 1 is 0.554 bits per heavy atom. The van der Waals surface area contributed by atoms with Crippen LogP contribution in [0.25, 0.3) is 21.7 Å². The molecule has 0 amide bonds. The van der Waals surface area contributed by atoms with Gasteiger partial charge in [-0.15, -0.1) is 11.3 Å². The van der Waals surface area contributed by atoms with Gasteiger partial charge in [0.2, 0.25) is 10.3 Å². The zero-order valence-electron chi connectivity index (χ0n) is 37.9. The molecule has 1 unspecified atom stereocenters. The molecule has 0 aliphatic rings. The smallest absolute Gasteiger partial charge is 0.367 e. The van der Waals surface area contributed by atoms with Crippen molar-refractivity contribution in [1.29, 1.82) is 0 Å². The van der Waals surface area contributed by atoms with E-state index in [0.717, 1.165) is 35.0 Å². The van der Waals surface area contributed by atoms with Gasteiger partial charge in [0.15, 0.2) is 11.6 Å². The van der Waals surface area contributed by atoms with Crippen LogP contribution in [0.15, 0.2) is 159 Å². The number of ether oxygens (including phenoxy) is 1. The molecule has 8 aromatic rings. The second kappa shape index (κ2) is 30.4. The minimum Gasteiger partial charge on any atom is -0.461 e. The number of thiazole rings is 1. The van der Waals surface area contributed by atoms with E-state index in [-0.39, 0.29) is 24.4 Å². The second-order valence-corrected chi connectivity index (χ2v) is 23.5. The lowest BCUT2D eigenvalue weighted by atomic mass is 10.0. The molecule has 0 saturated heterocycles. The van der Waals surface area contributed by atoms with Crippen molar-refractivity contribution in [2.75, 3.05) is 6.61 Å². The van der Waals surface area contributed by atoms with Gasteiger partial charge in [-0.25, -0.2) is 9.78 Å². The van der Waals surface area contributed by atoms with E-state index in [2.05, 4.69) is 68.7 Å². The maximum atomic E-state index is 12.3. The highest BCUT2D eigenvalue weighted by molar-refractivity contribution is 9.11. The zero-order valence-corrected chi connectivity index (χ0v) is 51.8. The number of halogens is 13. The van der Waals surface area contributed by atoms with Crippen molar-refractivity contribution >= 4 is 202 Å². The molecule has 0 N–H and O–H groups in total. The van der Waals surface area contributed by atoms with Crippen LogP contribution in [0.3, 0.4) is 0 Å². The molecule has 0 aliphatic heterocycles. The Balaban J connectivity index is 0.000000188. The molecule has 1 heterocycles. The van der Waals surface area contributed by atoms with Crippen LogP contribution in [0.5, 0.6) is 0 Å². The van der Waals surface area contributed by atoms with E-state index in [1.54, 1.807) is 97.9 Å². The lowest BCUT2D eigenvalue weighted by Gasteiger charge is -2.11. The Morgan fingerprint density at radius 2 is 1.00 bits per heavy atom. The Kier molecular flexibility index (Phi) is 25.4. The maximum absolute atomic E-state index is 12.3. The first-order valence-electron chi connectivity index (χ1n) is 21.3. The van der Waals surface area contributed by atoms with Crippen LogP contribution in [0.2, 0.25) is 40.2 Å². The topological polar surface area (TPSA) is 90.4 Å². The zero-order chi connectivity index (χ0) is 54.2. The van der Waals surface area contributed by atoms with Gasteiger partial charge in [0.05, 0.1) is 22.2 Å². The molecule has 382 valence electrons. The van der Waals surface area contributed by atoms with Gasteiger partial charge in [0, 0.05) is 83.7 Å². The number of aromatic nitrogens is 1. The number of hydrogen-bond donors (Lipinski definition) is 0. The Hall–Kier alpha value is -2.82. The molecule has 20 heteroatoms.